The zero-order valence-corrected chi connectivity index (χ0v) is 26.5. The summed E-state index contributed by atoms with van der Waals surface area (Å²) in [7, 11) is 4.43. The van der Waals surface area contributed by atoms with Crippen LogP contribution in [0.25, 0.3) is 6.08 Å². The summed E-state index contributed by atoms with van der Waals surface area (Å²) in [6.07, 6.45) is 1.76. The molecule has 0 bridgehead atoms. The number of methoxy groups -OCH3 is 3. The van der Waals surface area contributed by atoms with Crippen LogP contribution >= 0.6 is 46.1 Å². The van der Waals surface area contributed by atoms with E-state index in [1.54, 1.807) is 57.6 Å². The van der Waals surface area contributed by atoms with Crippen LogP contribution in [0.5, 0.6) is 17.2 Å². The van der Waals surface area contributed by atoms with Crippen molar-refractivity contribution in [3.05, 3.63) is 117 Å². The van der Waals surface area contributed by atoms with E-state index >= 15 is 0 Å². The van der Waals surface area contributed by atoms with Crippen molar-refractivity contribution in [3.8, 4) is 17.2 Å². The molecular formula is C31H25Cl3N2O6S. The zero-order chi connectivity index (χ0) is 30.8. The predicted octanol–water partition coefficient (Wildman–Crippen LogP) is 5.96. The smallest absolute Gasteiger partial charge is 0.338 e. The molecule has 0 aliphatic carbocycles. The first-order chi connectivity index (χ1) is 20.6. The van der Waals surface area contributed by atoms with Crippen molar-refractivity contribution in [2.45, 2.75) is 19.6 Å². The molecule has 222 valence electrons. The fourth-order valence-electron chi connectivity index (χ4n) is 4.76. The van der Waals surface area contributed by atoms with Crippen LogP contribution in [0, 0.1) is 0 Å². The first kappa shape index (κ1) is 30.7. The van der Waals surface area contributed by atoms with Crippen LogP contribution in [-0.2, 0) is 16.1 Å². The number of allylic oxidation sites excluding steroid dienone is 1. The molecule has 1 aliphatic heterocycles. The van der Waals surface area contributed by atoms with Crippen molar-refractivity contribution in [1.82, 2.24) is 4.57 Å². The summed E-state index contributed by atoms with van der Waals surface area (Å²) in [5, 5.41) is 0.954. The van der Waals surface area contributed by atoms with Crippen molar-refractivity contribution in [1.29, 1.82) is 0 Å². The van der Waals surface area contributed by atoms with Crippen molar-refractivity contribution >= 4 is 58.2 Å². The molecule has 4 aromatic rings. The Hall–Kier alpha value is -3.76. The highest BCUT2D eigenvalue weighted by Crippen LogP contribution is 2.37. The standard InChI is InChI=1S/C31H25Cl3N2O6S/c1-16-26(30(38)41-4)27(18-6-8-21(39-2)9-7-18)36-29(37)25(43-31(36)35-16)12-17-5-10-24(40-3)19(11-17)15-42-28-22(33)13-20(32)14-23(28)34/h5-14,27H,15H2,1-4H3/b25-12+. The normalized spacial score (nSPS) is 14.7. The lowest BCUT2D eigenvalue weighted by Crippen LogP contribution is -2.39. The van der Waals surface area contributed by atoms with E-state index in [0.29, 0.717) is 48.4 Å². The summed E-state index contributed by atoms with van der Waals surface area (Å²) in [5.74, 6) is 0.967. The highest BCUT2D eigenvalue weighted by molar-refractivity contribution is 7.07. The number of carbonyl (C=O) groups excluding carboxylic acids is 1. The minimum atomic E-state index is -0.731. The van der Waals surface area contributed by atoms with Gasteiger partial charge < -0.3 is 18.9 Å². The summed E-state index contributed by atoms with van der Waals surface area (Å²) in [6.45, 7) is 1.82. The molecule has 12 heteroatoms. The summed E-state index contributed by atoms with van der Waals surface area (Å²) >= 11 is 19.8. The number of hydrogen-bond donors (Lipinski definition) is 0. The lowest BCUT2D eigenvalue weighted by molar-refractivity contribution is -0.136. The molecule has 0 spiro atoms. The molecule has 2 heterocycles. The number of ether oxygens (including phenoxy) is 4. The second kappa shape index (κ2) is 12.9. The molecule has 1 atom stereocenters. The van der Waals surface area contributed by atoms with Crippen molar-refractivity contribution in [3.63, 3.8) is 0 Å². The van der Waals surface area contributed by atoms with Crippen LogP contribution < -0.4 is 29.1 Å². The van der Waals surface area contributed by atoms with Gasteiger partial charge in [0.05, 0.1) is 53.2 Å². The lowest BCUT2D eigenvalue weighted by Gasteiger charge is -2.24. The summed E-state index contributed by atoms with van der Waals surface area (Å²) in [5.41, 5.74) is 2.60. The number of fused-ring (bicyclic) bond motifs is 1. The number of rotatable bonds is 8. The molecule has 0 amide bonds. The van der Waals surface area contributed by atoms with E-state index in [4.69, 9.17) is 53.8 Å². The average molecular weight is 660 g/mol. The largest absolute Gasteiger partial charge is 0.497 e. The zero-order valence-electron chi connectivity index (χ0n) is 23.4. The maximum absolute atomic E-state index is 13.9. The van der Waals surface area contributed by atoms with Crippen LogP contribution in [0.15, 0.2) is 75.7 Å². The number of benzene rings is 3. The third-order valence-electron chi connectivity index (χ3n) is 6.80. The molecule has 0 saturated carbocycles. The predicted molar refractivity (Wildman–Crippen MR) is 168 cm³/mol. The van der Waals surface area contributed by atoms with Crippen LogP contribution in [0.2, 0.25) is 15.1 Å². The maximum atomic E-state index is 13.9. The second-order valence-corrected chi connectivity index (χ2v) is 11.7. The van der Waals surface area contributed by atoms with Gasteiger partial charge in [-0.05, 0) is 60.5 Å². The Balaban J connectivity index is 1.57. The van der Waals surface area contributed by atoms with Crippen molar-refractivity contribution < 1.29 is 23.7 Å². The Morgan fingerprint density at radius 3 is 2.33 bits per heavy atom. The topological polar surface area (TPSA) is 88.4 Å². The van der Waals surface area contributed by atoms with E-state index in [2.05, 4.69) is 4.99 Å². The molecule has 0 radical (unpaired) electrons. The molecule has 0 saturated heterocycles. The molecular weight excluding hydrogens is 635 g/mol. The van der Waals surface area contributed by atoms with Crippen LogP contribution in [-0.4, -0.2) is 31.9 Å². The minimum Gasteiger partial charge on any atom is -0.497 e. The molecule has 5 rings (SSSR count). The molecule has 1 aliphatic rings. The molecule has 0 N–H and O–H groups in total. The Bertz CT molecular complexity index is 1910. The van der Waals surface area contributed by atoms with Crippen LogP contribution in [0.1, 0.15) is 29.7 Å². The lowest BCUT2D eigenvalue weighted by atomic mass is 9.96. The number of carbonyl (C=O) groups is 1. The number of nitrogens with zero attached hydrogens (tertiary/aromatic N) is 2. The van der Waals surface area contributed by atoms with Gasteiger partial charge in [0.25, 0.3) is 5.56 Å². The van der Waals surface area contributed by atoms with Gasteiger partial charge in [-0.25, -0.2) is 9.79 Å². The Morgan fingerprint density at radius 2 is 1.70 bits per heavy atom. The Morgan fingerprint density at radius 1 is 1.00 bits per heavy atom. The SMILES string of the molecule is COC(=O)C1=C(C)N=c2s/c(=C/c3ccc(OC)c(COc4c(Cl)cc(Cl)cc4Cl)c3)c(=O)n2C1c1ccc(OC)cc1. The van der Waals surface area contributed by atoms with E-state index in [0.717, 1.165) is 5.56 Å². The molecule has 43 heavy (non-hydrogen) atoms. The number of thiazole rings is 1. The van der Waals surface area contributed by atoms with Crippen LogP contribution in [0.4, 0.5) is 0 Å². The summed E-state index contributed by atoms with van der Waals surface area (Å²) in [6, 6.07) is 15.0. The van der Waals surface area contributed by atoms with Gasteiger partial charge in [-0.2, -0.15) is 0 Å². The first-order valence-electron chi connectivity index (χ1n) is 12.8. The Kier molecular flexibility index (Phi) is 9.17. The van der Waals surface area contributed by atoms with Gasteiger partial charge in [0.1, 0.15) is 18.1 Å². The van der Waals surface area contributed by atoms with E-state index in [1.165, 1.54) is 23.0 Å². The van der Waals surface area contributed by atoms with Gasteiger partial charge in [-0.3, -0.25) is 9.36 Å². The monoisotopic (exact) mass is 658 g/mol. The third kappa shape index (κ3) is 6.17. The number of esters is 1. The molecule has 3 aromatic carbocycles. The molecule has 8 nitrogen and oxygen atoms in total. The molecule has 0 fully saturated rings. The number of hydrogen-bond acceptors (Lipinski definition) is 8. The van der Waals surface area contributed by atoms with Gasteiger partial charge in [-0.1, -0.05) is 64.3 Å². The minimum absolute atomic E-state index is 0.0896. The number of aromatic nitrogens is 1. The van der Waals surface area contributed by atoms with Crippen LogP contribution in [0.3, 0.4) is 0 Å². The summed E-state index contributed by atoms with van der Waals surface area (Å²) < 4.78 is 23.8. The van der Waals surface area contributed by atoms with Gasteiger partial charge in [-0.15, -0.1) is 0 Å². The van der Waals surface area contributed by atoms with Gasteiger partial charge in [0.15, 0.2) is 10.6 Å². The highest BCUT2D eigenvalue weighted by Gasteiger charge is 2.33. The molecule has 1 unspecified atom stereocenters. The second-order valence-electron chi connectivity index (χ2n) is 9.41. The summed E-state index contributed by atoms with van der Waals surface area (Å²) in [4.78, 5) is 31.9. The molecule has 1 aromatic heterocycles. The van der Waals surface area contributed by atoms with Gasteiger partial charge >= 0.3 is 5.97 Å². The van der Waals surface area contributed by atoms with Crippen molar-refractivity contribution in [2.75, 3.05) is 21.3 Å². The Labute approximate surface area is 266 Å². The van der Waals surface area contributed by atoms with Gasteiger partial charge in [0, 0.05) is 10.6 Å². The van der Waals surface area contributed by atoms with Crippen molar-refractivity contribution in [2.24, 2.45) is 4.99 Å². The number of halogens is 3. The fraction of sp³-hybridized carbons (Fsp3) is 0.194. The van der Waals surface area contributed by atoms with E-state index in [9.17, 15) is 9.59 Å². The first-order valence-corrected chi connectivity index (χ1v) is 14.8. The van der Waals surface area contributed by atoms with E-state index in [-0.39, 0.29) is 27.8 Å². The maximum Gasteiger partial charge on any atom is 0.338 e. The average Bonchev–Trinajstić information content (AvgIpc) is 3.29. The van der Waals surface area contributed by atoms with E-state index < -0.39 is 12.0 Å². The fourth-order valence-corrected chi connectivity index (χ4v) is 6.74. The van der Waals surface area contributed by atoms with Gasteiger partial charge in [0.2, 0.25) is 0 Å². The quantitative estimate of drug-likeness (QED) is 0.217. The third-order valence-corrected chi connectivity index (χ3v) is 8.56. The highest BCUT2D eigenvalue weighted by atomic mass is 35.5. The van der Waals surface area contributed by atoms with E-state index in [1.807, 2.05) is 24.3 Å².